The van der Waals surface area contributed by atoms with Crippen molar-refractivity contribution in [3.63, 3.8) is 0 Å². The molecule has 2 N–H and O–H groups in total. The van der Waals surface area contributed by atoms with Crippen LogP contribution in [0.5, 0.6) is 0 Å². The van der Waals surface area contributed by atoms with Crippen LogP contribution >= 0.6 is 0 Å². The number of nitrogens with zero attached hydrogens (tertiary/aromatic N) is 1. The highest BCUT2D eigenvalue weighted by Crippen LogP contribution is 1.98. The maximum absolute atomic E-state index is 3.38. The summed E-state index contributed by atoms with van der Waals surface area (Å²) in [6.07, 6.45) is 0.371. The van der Waals surface area contributed by atoms with Crippen molar-refractivity contribution >= 4 is 0 Å². The average molecular weight is 143 g/mol. The van der Waals surface area contributed by atoms with Crippen molar-refractivity contribution in [3.05, 3.63) is 0 Å². The summed E-state index contributed by atoms with van der Waals surface area (Å²) in [4.78, 5) is 2.14. The van der Waals surface area contributed by atoms with Crippen molar-refractivity contribution in [1.29, 1.82) is 0 Å². The summed E-state index contributed by atoms with van der Waals surface area (Å²) in [5, 5.41) is 6.77. The molecule has 0 amide bonds. The van der Waals surface area contributed by atoms with Crippen LogP contribution < -0.4 is 10.6 Å². The second-order valence-electron chi connectivity index (χ2n) is 3.29. The van der Waals surface area contributed by atoms with Crippen molar-refractivity contribution in [1.82, 2.24) is 15.5 Å². The van der Waals surface area contributed by atoms with E-state index in [9.17, 15) is 0 Å². The molecule has 0 bridgehead atoms. The van der Waals surface area contributed by atoms with Gasteiger partial charge in [0.2, 0.25) is 0 Å². The molecule has 0 aromatic rings. The fraction of sp³-hybridized carbons (Fsp3) is 1.00. The lowest BCUT2D eigenvalue weighted by molar-refractivity contribution is 0.159. The molecule has 10 heavy (non-hydrogen) atoms. The van der Waals surface area contributed by atoms with Gasteiger partial charge in [-0.05, 0) is 20.0 Å². The van der Waals surface area contributed by atoms with Gasteiger partial charge < -0.3 is 0 Å². The predicted molar refractivity (Wildman–Crippen MR) is 42.6 cm³/mol. The Labute approximate surface area is 62.8 Å². The van der Waals surface area contributed by atoms with E-state index in [1.54, 1.807) is 0 Å². The van der Waals surface area contributed by atoms with E-state index in [-0.39, 0.29) is 0 Å². The highest BCUT2D eigenvalue weighted by atomic mass is 15.4. The third-order valence-corrected chi connectivity index (χ3v) is 1.84. The Kier molecular flexibility index (Phi) is 2.65. The number of hydrogen-bond donors (Lipinski definition) is 2. The molecule has 1 rings (SSSR count). The van der Waals surface area contributed by atoms with Gasteiger partial charge in [-0.2, -0.15) is 0 Å². The first-order valence-corrected chi connectivity index (χ1v) is 3.83. The third-order valence-electron chi connectivity index (χ3n) is 1.84. The standard InChI is InChI=1S/C7H17N3/c1-6-4-8-7(9-5-6)10(2)3/h6-9H,4-5H2,1-3H3. The van der Waals surface area contributed by atoms with Crippen LogP contribution in [0.2, 0.25) is 0 Å². The van der Waals surface area contributed by atoms with Gasteiger partial charge in [0.05, 0.1) is 0 Å². The van der Waals surface area contributed by atoms with E-state index in [0.29, 0.717) is 6.29 Å². The minimum absolute atomic E-state index is 0.371. The lowest BCUT2D eigenvalue weighted by Gasteiger charge is -2.33. The van der Waals surface area contributed by atoms with Crippen LogP contribution in [0.15, 0.2) is 0 Å². The second kappa shape index (κ2) is 3.32. The Morgan fingerprint density at radius 1 is 1.20 bits per heavy atom. The summed E-state index contributed by atoms with van der Waals surface area (Å²) in [6, 6.07) is 0. The van der Waals surface area contributed by atoms with Gasteiger partial charge in [0.15, 0.2) is 0 Å². The molecular weight excluding hydrogens is 126 g/mol. The van der Waals surface area contributed by atoms with Crippen LogP contribution in [0.25, 0.3) is 0 Å². The molecule has 0 unspecified atom stereocenters. The lowest BCUT2D eigenvalue weighted by Crippen LogP contribution is -2.58. The van der Waals surface area contributed by atoms with Gasteiger partial charge in [0, 0.05) is 13.1 Å². The van der Waals surface area contributed by atoms with E-state index in [2.05, 4.69) is 36.6 Å². The summed E-state index contributed by atoms with van der Waals surface area (Å²) in [5.74, 6) is 0.760. The fourth-order valence-corrected chi connectivity index (χ4v) is 1.14. The van der Waals surface area contributed by atoms with Gasteiger partial charge in [0.25, 0.3) is 0 Å². The largest absolute Gasteiger partial charge is 0.289 e. The number of hydrogen-bond acceptors (Lipinski definition) is 3. The summed E-state index contributed by atoms with van der Waals surface area (Å²) in [7, 11) is 4.14. The van der Waals surface area contributed by atoms with Crippen molar-refractivity contribution in [2.24, 2.45) is 5.92 Å². The first kappa shape index (κ1) is 7.98. The Bertz CT molecular complexity index is 95.0. The van der Waals surface area contributed by atoms with E-state index in [4.69, 9.17) is 0 Å². The van der Waals surface area contributed by atoms with Crippen molar-refractivity contribution in [3.8, 4) is 0 Å². The number of nitrogens with one attached hydrogen (secondary N) is 2. The third kappa shape index (κ3) is 1.94. The Hall–Kier alpha value is -0.120. The van der Waals surface area contributed by atoms with E-state index >= 15 is 0 Å². The average Bonchev–Trinajstić information content (AvgIpc) is 1.88. The minimum atomic E-state index is 0.371. The maximum atomic E-state index is 3.38. The van der Waals surface area contributed by atoms with Gasteiger partial charge in [-0.1, -0.05) is 6.92 Å². The molecular formula is C7H17N3. The molecule has 3 nitrogen and oxygen atoms in total. The molecule has 1 saturated heterocycles. The second-order valence-corrected chi connectivity index (χ2v) is 3.29. The summed E-state index contributed by atoms with van der Waals surface area (Å²) in [5.41, 5.74) is 0. The van der Waals surface area contributed by atoms with E-state index in [1.807, 2.05) is 0 Å². The van der Waals surface area contributed by atoms with Gasteiger partial charge >= 0.3 is 0 Å². The Morgan fingerprint density at radius 2 is 1.70 bits per heavy atom. The van der Waals surface area contributed by atoms with E-state index in [1.165, 1.54) is 0 Å². The normalized spacial score (nSPS) is 34.8. The topological polar surface area (TPSA) is 27.3 Å². The summed E-state index contributed by atoms with van der Waals surface area (Å²) in [6.45, 7) is 4.48. The molecule has 0 aromatic carbocycles. The van der Waals surface area contributed by atoms with Crippen LogP contribution in [0, 0.1) is 5.92 Å². The molecule has 0 saturated carbocycles. The number of rotatable bonds is 1. The zero-order valence-electron chi connectivity index (χ0n) is 7.02. The molecule has 1 heterocycles. The monoisotopic (exact) mass is 143 g/mol. The van der Waals surface area contributed by atoms with Crippen molar-refractivity contribution in [2.75, 3.05) is 27.2 Å². The molecule has 60 valence electrons. The molecule has 0 atom stereocenters. The summed E-state index contributed by atoms with van der Waals surface area (Å²) < 4.78 is 0. The maximum Gasteiger partial charge on any atom is 0.114 e. The van der Waals surface area contributed by atoms with Crippen LogP contribution in [0.3, 0.4) is 0 Å². The molecule has 1 aliphatic heterocycles. The van der Waals surface area contributed by atoms with Crippen molar-refractivity contribution in [2.45, 2.75) is 13.2 Å². The zero-order valence-corrected chi connectivity index (χ0v) is 7.02. The summed E-state index contributed by atoms with van der Waals surface area (Å²) >= 11 is 0. The fourth-order valence-electron chi connectivity index (χ4n) is 1.14. The molecule has 0 spiro atoms. The lowest BCUT2D eigenvalue weighted by atomic mass is 10.1. The SMILES string of the molecule is CC1CNC(N(C)C)NC1. The highest BCUT2D eigenvalue weighted by molar-refractivity contribution is 4.72. The molecule has 1 aliphatic rings. The molecule has 3 heteroatoms. The highest BCUT2D eigenvalue weighted by Gasteiger charge is 2.16. The minimum Gasteiger partial charge on any atom is -0.289 e. The van der Waals surface area contributed by atoms with Crippen LogP contribution in [-0.4, -0.2) is 38.4 Å². The van der Waals surface area contributed by atoms with Gasteiger partial charge in [-0.25, -0.2) is 0 Å². The van der Waals surface area contributed by atoms with Gasteiger partial charge in [-0.15, -0.1) is 0 Å². The van der Waals surface area contributed by atoms with E-state index < -0.39 is 0 Å². The van der Waals surface area contributed by atoms with Crippen LogP contribution in [0.1, 0.15) is 6.92 Å². The predicted octanol–water partition coefficient (Wildman–Crippen LogP) is -0.339. The Morgan fingerprint density at radius 3 is 2.10 bits per heavy atom. The first-order chi connectivity index (χ1) is 4.70. The first-order valence-electron chi connectivity index (χ1n) is 3.83. The quantitative estimate of drug-likeness (QED) is 0.526. The molecule has 0 aliphatic carbocycles. The van der Waals surface area contributed by atoms with Gasteiger partial charge in [-0.3, -0.25) is 15.5 Å². The smallest absolute Gasteiger partial charge is 0.114 e. The zero-order chi connectivity index (χ0) is 7.56. The molecule has 0 aromatic heterocycles. The van der Waals surface area contributed by atoms with E-state index in [0.717, 1.165) is 19.0 Å². The van der Waals surface area contributed by atoms with Crippen LogP contribution in [-0.2, 0) is 0 Å². The molecule has 1 fully saturated rings. The molecule has 0 radical (unpaired) electrons. The van der Waals surface area contributed by atoms with Crippen LogP contribution in [0.4, 0.5) is 0 Å². The van der Waals surface area contributed by atoms with Crippen molar-refractivity contribution < 1.29 is 0 Å². The van der Waals surface area contributed by atoms with Gasteiger partial charge in [0.1, 0.15) is 6.29 Å². The Balaban J connectivity index is 2.26.